The van der Waals surface area contributed by atoms with Gasteiger partial charge >= 0.3 is 0 Å². The minimum Gasteiger partial charge on any atom is -0.317 e. The van der Waals surface area contributed by atoms with Crippen LogP contribution >= 0.6 is 0 Å². The maximum Gasteiger partial charge on any atom is -0.00489 e. The van der Waals surface area contributed by atoms with E-state index in [1.807, 2.05) is 13.8 Å². The maximum absolute atomic E-state index is 3.46. The first-order valence-corrected chi connectivity index (χ1v) is 6.12. The average molecular weight is 187 g/mol. The predicted octanol–water partition coefficient (Wildman–Crippen LogP) is 3.98. The number of unbranched alkanes of at least 4 members (excludes halogenated alkanes) is 4. The molecule has 1 N–H and O–H groups in total. The normalized spacial score (nSPS) is 9.23. The van der Waals surface area contributed by atoms with E-state index in [0.717, 1.165) is 0 Å². The average Bonchev–Trinajstić information content (AvgIpc) is 2.20. The Hall–Kier alpha value is -0.0400. The predicted molar refractivity (Wildman–Crippen MR) is 63.3 cm³/mol. The van der Waals surface area contributed by atoms with Crippen LogP contribution in [0.2, 0.25) is 0 Å². The third-order valence-corrected chi connectivity index (χ3v) is 1.91. The standard InChI is InChI=1S/C10H23N.C2H6/c1-3-5-7-9-11-10-8-6-4-2;1-2/h11H,3-10H2,1-2H3;1-2H3. The molecule has 0 saturated heterocycles. The van der Waals surface area contributed by atoms with Gasteiger partial charge in [-0.1, -0.05) is 53.4 Å². The molecule has 0 aromatic rings. The summed E-state index contributed by atoms with van der Waals surface area (Å²) in [5.41, 5.74) is 0. The zero-order valence-corrected chi connectivity index (χ0v) is 10.2. The van der Waals surface area contributed by atoms with Gasteiger partial charge in [-0.3, -0.25) is 0 Å². The van der Waals surface area contributed by atoms with Gasteiger partial charge in [-0.2, -0.15) is 0 Å². The Bertz CT molecular complexity index is 54.1. The molecule has 0 fully saturated rings. The molecule has 0 bridgehead atoms. The number of nitrogens with one attached hydrogen (secondary N) is 1. The Morgan fingerprint density at radius 1 is 0.692 bits per heavy atom. The second-order valence-corrected chi connectivity index (χ2v) is 3.16. The lowest BCUT2D eigenvalue weighted by atomic mass is 10.2. The highest BCUT2D eigenvalue weighted by Crippen LogP contribution is 1.93. The fraction of sp³-hybridized carbons (Fsp3) is 1.00. The number of hydrogen-bond acceptors (Lipinski definition) is 1. The molecule has 0 radical (unpaired) electrons. The lowest BCUT2D eigenvalue weighted by molar-refractivity contribution is 0.583. The van der Waals surface area contributed by atoms with Gasteiger partial charge in [0.05, 0.1) is 0 Å². The van der Waals surface area contributed by atoms with Crippen molar-refractivity contribution in [3.8, 4) is 0 Å². The van der Waals surface area contributed by atoms with Crippen LogP contribution in [0, 0.1) is 0 Å². The number of hydrogen-bond donors (Lipinski definition) is 1. The summed E-state index contributed by atoms with van der Waals surface area (Å²) >= 11 is 0. The van der Waals surface area contributed by atoms with E-state index in [2.05, 4.69) is 19.2 Å². The van der Waals surface area contributed by atoms with Gasteiger partial charge in [0.25, 0.3) is 0 Å². The SMILES string of the molecule is CC.CCCCCNCCCCC. The first-order valence-electron chi connectivity index (χ1n) is 6.12. The molecule has 0 heterocycles. The monoisotopic (exact) mass is 187 g/mol. The lowest BCUT2D eigenvalue weighted by Gasteiger charge is -2.02. The summed E-state index contributed by atoms with van der Waals surface area (Å²) in [5.74, 6) is 0. The van der Waals surface area contributed by atoms with Crippen LogP contribution in [-0.2, 0) is 0 Å². The Morgan fingerprint density at radius 3 is 1.38 bits per heavy atom. The topological polar surface area (TPSA) is 12.0 Å². The first-order chi connectivity index (χ1) is 6.41. The van der Waals surface area contributed by atoms with E-state index in [4.69, 9.17) is 0 Å². The molecular weight excluding hydrogens is 158 g/mol. The largest absolute Gasteiger partial charge is 0.317 e. The van der Waals surface area contributed by atoms with Crippen LogP contribution in [0.5, 0.6) is 0 Å². The molecule has 0 amide bonds. The van der Waals surface area contributed by atoms with Gasteiger partial charge in [0.15, 0.2) is 0 Å². The molecule has 0 spiro atoms. The summed E-state index contributed by atoms with van der Waals surface area (Å²) in [7, 11) is 0. The molecule has 0 aromatic heterocycles. The molecular formula is C12H29N. The summed E-state index contributed by atoms with van der Waals surface area (Å²) in [6.07, 6.45) is 8.11. The van der Waals surface area contributed by atoms with E-state index in [1.54, 1.807) is 0 Å². The summed E-state index contributed by atoms with van der Waals surface area (Å²) in [6.45, 7) is 10.9. The van der Waals surface area contributed by atoms with Crippen LogP contribution in [0.25, 0.3) is 0 Å². The highest BCUT2D eigenvalue weighted by molar-refractivity contribution is 4.48. The van der Waals surface area contributed by atoms with Crippen molar-refractivity contribution < 1.29 is 0 Å². The quantitative estimate of drug-likeness (QED) is 0.567. The fourth-order valence-electron chi connectivity index (χ4n) is 1.12. The van der Waals surface area contributed by atoms with Gasteiger partial charge in [0.2, 0.25) is 0 Å². The van der Waals surface area contributed by atoms with E-state index in [1.165, 1.54) is 51.6 Å². The van der Waals surface area contributed by atoms with Crippen LogP contribution in [0.15, 0.2) is 0 Å². The lowest BCUT2D eigenvalue weighted by Crippen LogP contribution is -2.16. The van der Waals surface area contributed by atoms with E-state index in [9.17, 15) is 0 Å². The van der Waals surface area contributed by atoms with Crippen molar-refractivity contribution in [1.82, 2.24) is 5.32 Å². The van der Waals surface area contributed by atoms with Gasteiger partial charge in [0.1, 0.15) is 0 Å². The molecule has 0 aliphatic heterocycles. The van der Waals surface area contributed by atoms with Crippen LogP contribution < -0.4 is 5.32 Å². The molecule has 0 rings (SSSR count). The second-order valence-electron chi connectivity index (χ2n) is 3.16. The Labute approximate surface area is 85.3 Å². The zero-order valence-electron chi connectivity index (χ0n) is 10.2. The third-order valence-electron chi connectivity index (χ3n) is 1.91. The minimum atomic E-state index is 1.22. The molecule has 0 atom stereocenters. The Kier molecular flexibility index (Phi) is 21.2. The van der Waals surface area contributed by atoms with Crippen LogP contribution in [-0.4, -0.2) is 13.1 Å². The molecule has 13 heavy (non-hydrogen) atoms. The van der Waals surface area contributed by atoms with Crippen molar-refractivity contribution in [3.05, 3.63) is 0 Å². The van der Waals surface area contributed by atoms with E-state index < -0.39 is 0 Å². The molecule has 0 unspecified atom stereocenters. The smallest absolute Gasteiger partial charge is 0.00489 e. The molecule has 0 aromatic carbocycles. The van der Waals surface area contributed by atoms with Crippen LogP contribution in [0.4, 0.5) is 0 Å². The van der Waals surface area contributed by atoms with Gasteiger partial charge in [-0.15, -0.1) is 0 Å². The van der Waals surface area contributed by atoms with Gasteiger partial charge in [-0.05, 0) is 25.9 Å². The third kappa shape index (κ3) is 18.7. The van der Waals surface area contributed by atoms with Crippen molar-refractivity contribution in [1.29, 1.82) is 0 Å². The molecule has 82 valence electrons. The summed E-state index contributed by atoms with van der Waals surface area (Å²) in [5, 5.41) is 3.46. The van der Waals surface area contributed by atoms with Crippen LogP contribution in [0.3, 0.4) is 0 Å². The number of rotatable bonds is 8. The molecule has 0 aliphatic rings. The van der Waals surface area contributed by atoms with Crippen LogP contribution in [0.1, 0.15) is 66.2 Å². The maximum atomic E-state index is 3.46. The fourth-order valence-corrected chi connectivity index (χ4v) is 1.12. The van der Waals surface area contributed by atoms with Crippen molar-refractivity contribution in [2.75, 3.05) is 13.1 Å². The van der Waals surface area contributed by atoms with E-state index >= 15 is 0 Å². The summed E-state index contributed by atoms with van der Waals surface area (Å²) in [4.78, 5) is 0. The minimum absolute atomic E-state index is 1.22. The van der Waals surface area contributed by atoms with E-state index in [-0.39, 0.29) is 0 Å². The van der Waals surface area contributed by atoms with Crippen molar-refractivity contribution in [2.24, 2.45) is 0 Å². The second kappa shape index (κ2) is 17.9. The summed E-state index contributed by atoms with van der Waals surface area (Å²) in [6, 6.07) is 0. The highest BCUT2D eigenvalue weighted by atomic mass is 14.8. The van der Waals surface area contributed by atoms with Crippen molar-refractivity contribution in [2.45, 2.75) is 66.2 Å². The summed E-state index contributed by atoms with van der Waals surface area (Å²) < 4.78 is 0. The molecule has 1 heteroatoms. The highest BCUT2D eigenvalue weighted by Gasteiger charge is 1.86. The van der Waals surface area contributed by atoms with Gasteiger partial charge in [0, 0.05) is 0 Å². The van der Waals surface area contributed by atoms with E-state index in [0.29, 0.717) is 0 Å². The van der Waals surface area contributed by atoms with Gasteiger partial charge in [-0.25, -0.2) is 0 Å². The Balaban J connectivity index is 0. The molecule has 1 nitrogen and oxygen atoms in total. The molecule has 0 aliphatic carbocycles. The van der Waals surface area contributed by atoms with Gasteiger partial charge < -0.3 is 5.32 Å². The van der Waals surface area contributed by atoms with Crippen molar-refractivity contribution in [3.63, 3.8) is 0 Å². The van der Waals surface area contributed by atoms with Crippen molar-refractivity contribution >= 4 is 0 Å². The molecule has 0 saturated carbocycles. The zero-order chi connectivity index (χ0) is 10.4. The Morgan fingerprint density at radius 2 is 1.08 bits per heavy atom. The first kappa shape index (κ1) is 15.4.